The van der Waals surface area contributed by atoms with Gasteiger partial charge in [-0.1, -0.05) is 43.7 Å². The Balaban J connectivity index is 1.68. The van der Waals surface area contributed by atoms with E-state index in [0.29, 0.717) is 19.8 Å². The molecule has 2 aliphatic heterocycles. The Morgan fingerprint density at radius 3 is 2.69 bits per heavy atom. The summed E-state index contributed by atoms with van der Waals surface area (Å²) < 4.78 is 5.55. The molecule has 0 saturated carbocycles. The average molecular weight is 395 g/mol. The monoisotopic (exact) mass is 394 g/mol. The third kappa shape index (κ3) is 4.42. The maximum atomic E-state index is 12.6. The third-order valence-electron chi connectivity index (χ3n) is 5.65. The second kappa shape index (κ2) is 8.49. The van der Waals surface area contributed by atoms with Gasteiger partial charge in [-0.15, -0.1) is 0 Å². The van der Waals surface area contributed by atoms with Crippen molar-refractivity contribution >= 4 is 11.7 Å². The largest absolute Gasteiger partial charge is 0.378 e. The van der Waals surface area contributed by atoms with Crippen LogP contribution in [0, 0.1) is 12.8 Å². The van der Waals surface area contributed by atoms with E-state index in [2.05, 4.69) is 36.1 Å². The number of hydrogen-bond donors (Lipinski definition) is 0. The molecule has 1 fully saturated rings. The fourth-order valence-electron chi connectivity index (χ4n) is 4.12. The molecule has 0 N–H and O–H groups in total. The molecule has 4 rings (SSSR count). The van der Waals surface area contributed by atoms with E-state index < -0.39 is 0 Å². The molecule has 0 atom stereocenters. The van der Waals surface area contributed by atoms with Gasteiger partial charge in [0.2, 0.25) is 5.91 Å². The normalized spacial score (nSPS) is 16.8. The molecule has 0 spiro atoms. The maximum absolute atomic E-state index is 12.6. The molecule has 0 unspecified atom stereocenters. The number of rotatable bonds is 4. The fourth-order valence-corrected chi connectivity index (χ4v) is 4.12. The minimum absolute atomic E-state index is 0.00454. The second-order valence-electron chi connectivity index (χ2n) is 8.32. The lowest BCUT2D eigenvalue weighted by molar-refractivity contribution is -0.135. The zero-order chi connectivity index (χ0) is 20.4. The van der Waals surface area contributed by atoms with Crippen LogP contribution in [0.5, 0.6) is 0 Å². The predicted molar refractivity (Wildman–Crippen MR) is 113 cm³/mol. The van der Waals surface area contributed by atoms with Gasteiger partial charge < -0.3 is 14.5 Å². The van der Waals surface area contributed by atoms with E-state index in [4.69, 9.17) is 14.7 Å². The van der Waals surface area contributed by atoms with E-state index >= 15 is 0 Å². The van der Waals surface area contributed by atoms with Crippen LogP contribution in [-0.2, 0) is 28.9 Å². The van der Waals surface area contributed by atoms with Crippen LogP contribution in [0.15, 0.2) is 24.3 Å². The van der Waals surface area contributed by atoms with Crippen molar-refractivity contribution in [2.45, 2.75) is 40.2 Å². The first kappa shape index (κ1) is 19.8. The second-order valence-corrected chi connectivity index (χ2v) is 8.32. The van der Waals surface area contributed by atoms with E-state index in [1.54, 1.807) is 0 Å². The topological polar surface area (TPSA) is 58.6 Å². The summed E-state index contributed by atoms with van der Waals surface area (Å²) in [5.74, 6) is 2.05. The molecule has 1 aromatic heterocycles. The van der Waals surface area contributed by atoms with E-state index in [9.17, 15) is 4.79 Å². The highest BCUT2D eigenvalue weighted by Crippen LogP contribution is 2.28. The lowest BCUT2D eigenvalue weighted by Crippen LogP contribution is -2.42. The van der Waals surface area contributed by atoms with Crippen molar-refractivity contribution < 1.29 is 9.53 Å². The van der Waals surface area contributed by atoms with Crippen LogP contribution in [0.1, 0.15) is 42.1 Å². The Morgan fingerprint density at radius 1 is 1.17 bits per heavy atom. The van der Waals surface area contributed by atoms with Crippen LogP contribution in [0.2, 0.25) is 0 Å². The Bertz CT molecular complexity index is 890. The highest BCUT2D eigenvalue weighted by atomic mass is 16.5. The van der Waals surface area contributed by atoms with Crippen molar-refractivity contribution in [3.05, 3.63) is 52.5 Å². The molecular formula is C23H30N4O2. The lowest BCUT2D eigenvalue weighted by atomic mass is 10.0. The van der Waals surface area contributed by atoms with Crippen molar-refractivity contribution in [2.24, 2.45) is 5.92 Å². The molecule has 29 heavy (non-hydrogen) atoms. The standard InChI is InChI=1S/C23H30N4O2/c1-16(2)23(28)27-8-7-20-19(15-27)22(26-9-11-29-12-10-26)25-21(24-20)14-18-6-4-5-17(3)13-18/h4-6,13,16H,7-12,14-15H2,1-3H3. The van der Waals surface area contributed by atoms with Crippen molar-refractivity contribution in [2.75, 3.05) is 37.7 Å². The number of nitrogens with zero attached hydrogens (tertiary/aromatic N) is 4. The van der Waals surface area contributed by atoms with Gasteiger partial charge in [0, 0.05) is 44.0 Å². The minimum Gasteiger partial charge on any atom is -0.378 e. The van der Waals surface area contributed by atoms with Gasteiger partial charge in [0.25, 0.3) is 0 Å². The van der Waals surface area contributed by atoms with Crippen LogP contribution in [-0.4, -0.2) is 53.6 Å². The van der Waals surface area contributed by atoms with Crippen molar-refractivity contribution in [3.63, 3.8) is 0 Å². The summed E-state index contributed by atoms with van der Waals surface area (Å²) in [6.07, 6.45) is 1.51. The number of anilines is 1. The number of amides is 1. The van der Waals surface area contributed by atoms with E-state index in [0.717, 1.165) is 55.4 Å². The highest BCUT2D eigenvalue weighted by molar-refractivity contribution is 5.78. The first-order valence-corrected chi connectivity index (χ1v) is 10.6. The minimum atomic E-state index is 0.00454. The zero-order valence-electron chi connectivity index (χ0n) is 17.6. The van der Waals surface area contributed by atoms with Gasteiger partial charge in [0.05, 0.1) is 25.5 Å². The Morgan fingerprint density at radius 2 is 1.97 bits per heavy atom. The third-order valence-corrected chi connectivity index (χ3v) is 5.65. The lowest BCUT2D eigenvalue weighted by Gasteiger charge is -2.35. The number of fused-ring (bicyclic) bond motifs is 1. The van der Waals surface area contributed by atoms with Gasteiger partial charge in [-0.3, -0.25) is 4.79 Å². The van der Waals surface area contributed by atoms with Gasteiger partial charge in [0.15, 0.2) is 0 Å². The SMILES string of the molecule is Cc1cccc(Cc2nc3c(c(N4CCOCC4)n2)CN(C(=O)C(C)C)CC3)c1. The van der Waals surface area contributed by atoms with Crippen molar-refractivity contribution in [3.8, 4) is 0 Å². The Labute approximate surface area is 172 Å². The van der Waals surface area contributed by atoms with Crippen LogP contribution in [0.4, 0.5) is 5.82 Å². The Hall–Kier alpha value is -2.47. The van der Waals surface area contributed by atoms with Crippen LogP contribution < -0.4 is 4.90 Å². The molecular weight excluding hydrogens is 364 g/mol. The summed E-state index contributed by atoms with van der Waals surface area (Å²) in [6.45, 7) is 10.4. The highest BCUT2D eigenvalue weighted by Gasteiger charge is 2.29. The maximum Gasteiger partial charge on any atom is 0.225 e. The summed E-state index contributed by atoms with van der Waals surface area (Å²) in [5, 5.41) is 0. The molecule has 0 aliphatic carbocycles. The molecule has 6 heteroatoms. The first-order chi connectivity index (χ1) is 14.0. The van der Waals surface area contributed by atoms with E-state index in [-0.39, 0.29) is 11.8 Å². The molecule has 0 radical (unpaired) electrons. The molecule has 6 nitrogen and oxygen atoms in total. The molecule has 1 aromatic carbocycles. The number of aromatic nitrogens is 2. The molecule has 3 heterocycles. The number of ether oxygens (including phenoxy) is 1. The van der Waals surface area contributed by atoms with Gasteiger partial charge in [-0.2, -0.15) is 0 Å². The summed E-state index contributed by atoms with van der Waals surface area (Å²) in [7, 11) is 0. The number of carbonyl (C=O) groups is 1. The molecule has 1 saturated heterocycles. The van der Waals surface area contributed by atoms with Gasteiger partial charge in [0.1, 0.15) is 11.6 Å². The van der Waals surface area contributed by atoms with E-state index in [1.807, 2.05) is 18.7 Å². The molecule has 2 aromatic rings. The number of carbonyl (C=O) groups excluding carboxylic acids is 1. The summed E-state index contributed by atoms with van der Waals surface area (Å²) in [4.78, 5) is 26.8. The van der Waals surface area contributed by atoms with Crippen LogP contribution in [0.25, 0.3) is 0 Å². The fraction of sp³-hybridized carbons (Fsp3) is 0.522. The van der Waals surface area contributed by atoms with Crippen molar-refractivity contribution in [1.29, 1.82) is 0 Å². The molecule has 154 valence electrons. The number of aryl methyl sites for hydroxylation is 1. The van der Waals surface area contributed by atoms with E-state index in [1.165, 1.54) is 11.1 Å². The number of morpholine rings is 1. The zero-order valence-corrected chi connectivity index (χ0v) is 17.6. The summed E-state index contributed by atoms with van der Waals surface area (Å²) in [5.41, 5.74) is 4.68. The number of hydrogen-bond acceptors (Lipinski definition) is 5. The smallest absolute Gasteiger partial charge is 0.225 e. The van der Waals surface area contributed by atoms with Crippen molar-refractivity contribution in [1.82, 2.24) is 14.9 Å². The molecule has 2 aliphatic rings. The molecule has 1 amide bonds. The first-order valence-electron chi connectivity index (χ1n) is 10.6. The van der Waals surface area contributed by atoms with Crippen LogP contribution >= 0.6 is 0 Å². The predicted octanol–water partition coefficient (Wildman–Crippen LogP) is 2.75. The summed E-state index contributed by atoms with van der Waals surface area (Å²) >= 11 is 0. The van der Waals surface area contributed by atoms with Gasteiger partial charge in [-0.05, 0) is 12.5 Å². The summed E-state index contributed by atoms with van der Waals surface area (Å²) in [6, 6.07) is 8.52. The Kier molecular flexibility index (Phi) is 5.81. The molecule has 0 bridgehead atoms. The average Bonchev–Trinajstić information content (AvgIpc) is 2.73. The van der Waals surface area contributed by atoms with Gasteiger partial charge >= 0.3 is 0 Å². The number of benzene rings is 1. The van der Waals surface area contributed by atoms with Gasteiger partial charge in [-0.25, -0.2) is 9.97 Å². The quantitative estimate of drug-likeness (QED) is 0.798. The van der Waals surface area contributed by atoms with Crippen LogP contribution in [0.3, 0.4) is 0 Å².